The minimum atomic E-state index is 0. The second-order valence-electron chi connectivity index (χ2n) is 4.86. The average Bonchev–Trinajstić information content (AvgIpc) is 2.73. The first-order valence-electron chi connectivity index (χ1n) is 6.34. The minimum Gasteiger partial charge on any atom is -0.383 e. The molecule has 0 aromatic rings. The number of carbonyl (C=O) groups excluding carboxylic acids is 1. The van der Waals surface area contributed by atoms with Gasteiger partial charge in [-0.25, -0.2) is 0 Å². The molecule has 5 nitrogen and oxygen atoms in total. The monoisotopic (exact) mass is 315 g/mol. The molecular weight excluding hydrogens is 289 g/mol. The van der Waals surface area contributed by atoms with E-state index in [2.05, 4.69) is 10.2 Å². The van der Waals surface area contributed by atoms with Crippen LogP contribution in [0.1, 0.15) is 19.3 Å². The van der Waals surface area contributed by atoms with Gasteiger partial charge in [0.1, 0.15) is 0 Å². The molecule has 3 N–H and O–H groups in total. The van der Waals surface area contributed by atoms with Crippen LogP contribution in [0.15, 0.2) is 0 Å². The van der Waals surface area contributed by atoms with Gasteiger partial charge >= 0.3 is 0 Å². The number of nitrogens with one attached hydrogen (secondary N) is 1. The number of methoxy groups -OCH3 is 1. The van der Waals surface area contributed by atoms with Crippen molar-refractivity contribution in [3.8, 4) is 0 Å². The van der Waals surface area contributed by atoms with Crippen LogP contribution < -0.4 is 11.1 Å². The lowest BCUT2D eigenvalue weighted by atomic mass is 10.1. The van der Waals surface area contributed by atoms with Crippen LogP contribution in [0.3, 0.4) is 0 Å². The third-order valence-electron chi connectivity index (χ3n) is 3.31. The van der Waals surface area contributed by atoms with Gasteiger partial charge in [0.15, 0.2) is 0 Å². The van der Waals surface area contributed by atoms with Gasteiger partial charge in [0.2, 0.25) is 5.91 Å². The maximum absolute atomic E-state index is 11.8. The molecule has 1 fully saturated rings. The van der Waals surface area contributed by atoms with Crippen molar-refractivity contribution < 1.29 is 9.53 Å². The largest absolute Gasteiger partial charge is 0.383 e. The number of nitrogens with zero attached hydrogens (tertiary/aromatic N) is 1. The van der Waals surface area contributed by atoms with Gasteiger partial charge in [-0.05, 0) is 26.3 Å². The molecule has 7 heteroatoms. The zero-order valence-corrected chi connectivity index (χ0v) is 13.4. The second kappa shape index (κ2) is 11.7. The molecule has 1 saturated carbocycles. The van der Waals surface area contributed by atoms with Crippen molar-refractivity contribution in [1.82, 2.24) is 10.2 Å². The smallest absolute Gasteiger partial charge is 0.223 e. The number of hydrogen-bond donors (Lipinski definition) is 2. The Hall–Kier alpha value is -0.0700. The van der Waals surface area contributed by atoms with Crippen molar-refractivity contribution in [3.63, 3.8) is 0 Å². The van der Waals surface area contributed by atoms with Gasteiger partial charge in [0, 0.05) is 38.7 Å². The topological polar surface area (TPSA) is 67.6 Å². The summed E-state index contributed by atoms with van der Waals surface area (Å²) in [4.78, 5) is 13.9. The van der Waals surface area contributed by atoms with E-state index in [1.54, 1.807) is 7.11 Å². The summed E-state index contributed by atoms with van der Waals surface area (Å²) in [7, 11) is 3.72. The Balaban J connectivity index is 0. The fourth-order valence-electron chi connectivity index (χ4n) is 2.13. The predicted molar refractivity (Wildman–Crippen MR) is 82.2 cm³/mol. The van der Waals surface area contributed by atoms with Gasteiger partial charge in [-0.1, -0.05) is 0 Å². The molecule has 19 heavy (non-hydrogen) atoms. The molecule has 0 aliphatic heterocycles. The van der Waals surface area contributed by atoms with E-state index in [0.29, 0.717) is 6.54 Å². The van der Waals surface area contributed by atoms with Crippen LogP contribution in [0.25, 0.3) is 0 Å². The Bertz CT molecular complexity index is 245. The van der Waals surface area contributed by atoms with E-state index < -0.39 is 0 Å². The minimum absolute atomic E-state index is 0. The Morgan fingerprint density at radius 3 is 2.58 bits per heavy atom. The first-order chi connectivity index (χ1) is 8.13. The van der Waals surface area contributed by atoms with Gasteiger partial charge in [-0.3, -0.25) is 4.79 Å². The van der Waals surface area contributed by atoms with E-state index >= 15 is 0 Å². The van der Waals surface area contributed by atoms with E-state index in [4.69, 9.17) is 10.5 Å². The molecule has 0 aromatic heterocycles. The summed E-state index contributed by atoms with van der Waals surface area (Å²) >= 11 is 0. The third kappa shape index (κ3) is 8.65. The average molecular weight is 316 g/mol. The second-order valence-corrected chi connectivity index (χ2v) is 4.86. The summed E-state index contributed by atoms with van der Waals surface area (Å²) < 4.78 is 4.99. The predicted octanol–water partition coefficient (Wildman–Crippen LogP) is 0.652. The van der Waals surface area contributed by atoms with Gasteiger partial charge < -0.3 is 20.7 Å². The number of halogens is 2. The Morgan fingerprint density at radius 1 is 1.37 bits per heavy atom. The van der Waals surface area contributed by atoms with E-state index in [0.717, 1.165) is 39.0 Å². The molecule has 0 heterocycles. The number of hydrogen-bond acceptors (Lipinski definition) is 4. The number of amides is 1. The molecule has 1 aliphatic carbocycles. The fraction of sp³-hybridized carbons (Fsp3) is 0.917. The molecule has 0 spiro atoms. The fourth-order valence-corrected chi connectivity index (χ4v) is 2.13. The molecule has 0 saturated heterocycles. The number of likely N-dealkylation sites (N-methyl/N-ethyl adjacent to an activating group) is 1. The summed E-state index contributed by atoms with van der Waals surface area (Å²) in [6.45, 7) is 3.17. The van der Waals surface area contributed by atoms with Gasteiger partial charge in [-0.15, -0.1) is 24.8 Å². The molecule has 0 bridgehead atoms. The molecular formula is C12H27Cl2N3O2. The first-order valence-corrected chi connectivity index (χ1v) is 6.34. The van der Waals surface area contributed by atoms with E-state index in [-0.39, 0.29) is 42.7 Å². The third-order valence-corrected chi connectivity index (χ3v) is 3.31. The van der Waals surface area contributed by atoms with Crippen molar-refractivity contribution in [2.24, 2.45) is 11.7 Å². The lowest BCUT2D eigenvalue weighted by Gasteiger charge is -2.17. The van der Waals surface area contributed by atoms with Gasteiger partial charge in [0.05, 0.1) is 6.61 Å². The molecule has 1 amide bonds. The quantitative estimate of drug-likeness (QED) is 0.724. The number of rotatable bonds is 7. The normalized spacial score (nSPS) is 21.7. The van der Waals surface area contributed by atoms with Crippen LogP contribution in [-0.2, 0) is 9.53 Å². The van der Waals surface area contributed by atoms with Crippen LogP contribution in [0, 0.1) is 5.92 Å². The van der Waals surface area contributed by atoms with Crippen LogP contribution >= 0.6 is 24.8 Å². The van der Waals surface area contributed by atoms with Crippen LogP contribution in [-0.4, -0.2) is 57.2 Å². The van der Waals surface area contributed by atoms with Crippen molar-refractivity contribution in [2.75, 3.05) is 40.4 Å². The Labute approximate surface area is 128 Å². The highest BCUT2D eigenvalue weighted by Gasteiger charge is 2.27. The maximum atomic E-state index is 11.8. The van der Waals surface area contributed by atoms with Crippen molar-refractivity contribution in [2.45, 2.75) is 25.3 Å². The van der Waals surface area contributed by atoms with Gasteiger partial charge in [-0.2, -0.15) is 0 Å². The molecule has 2 atom stereocenters. The molecule has 0 radical (unpaired) electrons. The highest BCUT2D eigenvalue weighted by Crippen LogP contribution is 2.23. The van der Waals surface area contributed by atoms with Crippen molar-refractivity contribution in [3.05, 3.63) is 0 Å². The van der Waals surface area contributed by atoms with Gasteiger partial charge in [0.25, 0.3) is 0 Å². The van der Waals surface area contributed by atoms with Crippen molar-refractivity contribution in [1.29, 1.82) is 0 Å². The van der Waals surface area contributed by atoms with Crippen LogP contribution in [0.4, 0.5) is 0 Å². The highest BCUT2D eigenvalue weighted by atomic mass is 35.5. The summed E-state index contributed by atoms with van der Waals surface area (Å²) in [5.41, 5.74) is 5.79. The SMILES string of the molecule is COCCN(C)CCNC(=O)C1CCC(N)C1.Cl.Cl. The summed E-state index contributed by atoms with van der Waals surface area (Å²) in [5, 5.41) is 2.98. The van der Waals surface area contributed by atoms with Crippen molar-refractivity contribution >= 4 is 30.7 Å². The molecule has 116 valence electrons. The number of carbonyl (C=O) groups is 1. The summed E-state index contributed by atoms with van der Waals surface area (Å²) in [6.07, 6.45) is 2.75. The van der Waals surface area contributed by atoms with Crippen LogP contribution in [0.5, 0.6) is 0 Å². The summed E-state index contributed by atoms with van der Waals surface area (Å²) in [6, 6.07) is 0.218. The van der Waals surface area contributed by atoms with E-state index in [9.17, 15) is 4.79 Å². The lowest BCUT2D eigenvalue weighted by Crippen LogP contribution is -2.37. The summed E-state index contributed by atoms with van der Waals surface area (Å²) in [5.74, 6) is 0.298. The molecule has 2 unspecified atom stereocenters. The lowest BCUT2D eigenvalue weighted by molar-refractivity contribution is -0.124. The molecule has 0 aromatic carbocycles. The number of nitrogens with two attached hydrogens (primary N) is 1. The molecule has 1 rings (SSSR count). The Kier molecular flexibility index (Phi) is 13.1. The standard InChI is InChI=1S/C12H25N3O2.2ClH/c1-15(7-8-17-2)6-5-14-12(16)10-3-4-11(13)9-10;;/h10-11H,3-9,13H2,1-2H3,(H,14,16);2*1H. The maximum Gasteiger partial charge on any atom is 0.223 e. The van der Waals surface area contributed by atoms with Crippen LogP contribution in [0.2, 0.25) is 0 Å². The van der Waals surface area contributed by atoms with E-state index in [1.807, 2.05) is 7.05 Å². The first kappa shape index (κ1) is 21.2. The Morgan fingerprint density at radius 2 is 2.05 bits per heavy atom. The highest BCUT2D eigenvalue weighted by molar-refractivity contribution is 5.85. The zero-order valence-electron chi connectivity index (χ0n) is 11.8. The zero-order chi connectivity index (χ0) is 12.7. The number of ether oxygens (including phenoxy) is 1. The van der Waals surface area contributed by atoms with E-state index in [1.165, 1.54) is 0 Å². The molecule has 1 aliphatic rings.